The Labute approximate surface area is 182 Å². The zero-order chi connectivity index (χ0) is 21.3. The van der Waals surface area contributed by atoms with Gasteiger partial charge in [-0.2, -0.15) is 10.1 Å². The van der Waals surface area contributed by atoms with E-state index in [0.29, 0.717) is 11.8 Å². The Morgan fingerprint density at radius 2 is 1.81 bits per heavy atom. The molecule has 6 heteroatoms. The van der Waals surface area contributed by atoms with Crippen molar-refractivity contribution in [1.82, 2.24) is 9.97 Å². The third-order valence-corrected chi connectivity index (χ3v) is 6.57. The van der Waals surface area contributed by atoms with Crippen LogP contribution in [0.5, 0.6) is 5.75 Å². The Balaban J connectivity index is 1.49. The maximum absolute atomic E-state index is 6.56. The fraction of sp³-hybridized carbons (Fsp3) is 0.320. The second kappa shape index (κ2) is 8.02. The van der Waals surface area contributed by atoms with E-state index in [1.807, 2.05) is 24.3 Å². The summed E-state index contributed by atoms with van der Waals surface area (Å²) in [5, 5.41) is 4.32. The van der Waals surface area contributed by atoms with Gasteiger partial charge in [-0.25, -0.2) is 10.4 Å². The van der Waals surface area contributed by atoms with E-state index in [4.69, 9.17) is 15.5 Å². The molecule has 0 aliphatic heterocycles. The SMILES string of the molecule is COc1ccc(/C=N\Nc2nc(N)c3c(n2)-c2ccccc2CC32CCCCC2)cc1. The third kappa shape index (κ3) is 3.63. The zero-order valence-corrected chi connectivity index (χ0v) is 17.8. The van der Waals surface area contributed by atoms with Crippen molar-refractivity contribution in [2.24, 2.45) is 5.10 Å². The smallest absolute Gasteiger partial charge is 0.246 e. The quantitative estimate of drug-likeness (QED) is 0.467. The molecule has 2 aliphatic rings. The van der Waals surface area contributed by atoms with Gasteiger partial charge in [0.1, 0.15) is 11.6 Å². The van der Waals surface area contributed by atoms with Crippen LogP contribution in [0.2, 0.25) is 0 Å². The minimum Gasteiger partial charge on any atom is -0.497 e. The number of benzene rings is 2. The number of hydrogen-bond acceptors (Lipinski definition) is 6. The van der Waals surface area contributed by atoms with Gasteiger partial charge in [0.25, 0.3) is 0 Å². The summed E-state index contributed by atoms with van der Waals surface area (Å²) >= 11 is 0. The predicted molar refractivity (Wildman–Crippen MR) is 125 cm³/mol. The van der Waals surface area contributed by atoms with Crippen LogP contribution in [0.25, 0.3) is 11.3 Å². The molecule has 0 amide bonds. The van der Waals surface area contributed by atoms with E-state index in [2.05, 4.69) is 39.8 Å². The Kier molecular flexibility index (Phi) is 5.06. The van der Waals surface area contributed by atoms with Crippen LogP contribution in [-0.2, 0) is 11.8 Å². The Bertz CT molecular complexity index is 1120. The summed E-state index contributed by atoms with van der Waals surface area (Å²) in [6.45, 7) is 0. The second-order valence-corrected chi connectivity index (χ2v) is 8.47. The van der Waals surface area contributed by atoms with Gasteiger partial charge >= 0.3 is 0 Å². The number of hydrazone groups is 1. The van der Waals surface area contributed by atoms with E-state index in [1.165, 1.54) is 24.8 Å². The molecular weight excluding hydrogens is 386 g/mol. The number of ether oxygens (including phenoxy) is 1. The molecule has 0 unspecified atom stereocenters. The number of hydrogen-bond donors (Lipinski definition) is 2. The highest BCUT2D eigenvalue weighted by molar-refractivity contribution is 5.80. The van der Waals surface area contributed by atoms with Crippen molar-refractivity contribution >= 4 is 18.0 Å². The van der Waals surface area contributed by atoms with Crippen molar-refractivity contribution in [1.29, 1.82) is 0 Å². The first-order valence-electron chi connectivity index (χ1n) is 10.9. The van der Waals surface area contributed by atoms with Gasteiger partial charge in [0, 0.05) is 16.5 Å². The normalized spacial score (nSPS) is 16.7. The van der Waals surface area contributed by atoms with E-state index in [9.17, 15) is 0 Å². The van der Waals surface area contributed by atoms with Gasteiger partial charge in [0.15, 0.2) is 0 Å². The molecule has 5 rings (SSSR count). The molecule has 0 bridgehead atoms. The van der Waals surface area contributed by atoms with Gasteiger partial charge in [-0.1, -0.05) is 43.5 Å². The van der Waals surface area contributed by atoms with E-state index < -0.39 is 0 Å². The standard InChI is InChI=1S/C25H27N5O/c1-31-19-11-9-17(10-12-19)16-27-30-24-28-22-20-8-4-3-7-18(20)15-25(13-5-2-6-14-25)21(22)23(26)29-24/h3-4,7-12,16H,2,5-6,13-15H2,1H3,(H3,26,28,29,30)/b27-16-. The lowest BCUT2D eigenvalue weighted by molar-refractivity contribution is 0.288. The average Bonchev–Trinajstić information content (AvgIpc) is 2.80. The average molecular weight is 414 g/mol. The summed E-state index contributed by atoms with van der Waals surface area (Å²) in [6.07, 6.45) is 8.79. The van der Waals surface area contributed by atoms with Crippen LogP contribution in [0.1, 0.15) is 48.8 Å². The first-order valence-corrected chi connectivity index (χ1v) is 10.9. The molecule has 1 heterocycles. The van der Waals surface area contributed by atoms with Gasteiger partial charge in [-0.15, -0.1) is 0 Å². The summed E-state index contributed by atoms with van der Waals surface area (Å²) in [7, 11) is 1.65. The molecule has 0 radical (unpaired) electrons. The summed E-state index contributed by atoms with van der Waals surface area (Å²) in [4.78, 5) is 9.48. The van der Waals surface area contributed by atoms with Crippen molar-refractivity contribution in [2.75, 3.05) is 18.3 Å². The number of anilines is 2. The molecule has 1 spiro atoms. The van der Waals surface area contributed by atoms with Crippen LogP contribution >= 0.6 is 0 Å². The molecule has 2 aliphatic carbocycles. The molecule has 6 nitrogen and oxygen atoms in total. The van der Waals surface area contributed by atoms with Gasteiger partial charge in [-0.05, 0) is 54.7 Å². The summed E-state index contributed by atoms with van der Waals surface area (Å²) < 4.78 is 5.19. The number of nitrogen functional groups attached to an aromatic ring is 1. The third-order valence-electron chi connectivity index (χ3n) is 6.57. The lowest BCUT2D eigenvalue weighted by Crippen LogP contribution is -2.36. The molecule has 0 saturated heterocycles. The molecule has 1 fully saturated rings. The number of aromatic nitrogens is 2. The molecule has 0 atom stereocenters. The van der Waals surface area contributed by atoms with Crippen molar-refractivity contribution in [3.63, 3.8) is 0 Å². The first kappa shape index (κ1) is 19.5. The molecule has 3 N–H and O–H groups in total. The van der Waals surface area contributed by atoms with Crippen molar-refractivity contribution in [2.45, 2.75) is 43.9 Å². The Morgan fingerprint density at radius 3 is 2.58 bits per heavy atom. The number of nitrogens with two attached hydrogens (primary N) is 1. The minimum atomic E-state index is 0.0525. The molecule has 3 aromatic rings. The van der Waals surface area contributed by atoms with E-state index in [1.54, 1.807) is 13.3 Å². The summed E-state index contributed by atoms with van der Waals surface area (Å²) in [5.74, 6) is 1.80. The topological polar surface area (TPSA) is 85.4 Å². The van der Waals surface area contributed by atoms with E-state index in [0.717, 1.165) is 47.4 Å². The van der Waals surface area contributed by atoms with Crippen molar-refractivity contribution in [3.05, 3.63) is 65.2 Å². The summed E-state index contributed by atoms with van der Waals surface area (Å²) in [6, 6.07) is 16.2. The van der Waals surface area contributed by atoms with Gasteiger partial charge in [0.05, 0.1) is 19.0 Å². The van der Waals surface area contributed by atoms with Crippen LogP contribution in [0, 0.1) is 0 Å². The number of methoxy groups -OCH3 is 1. The van der Waals surface area contributed by atoms with Crippen LogP contribution in [-0.4, -0.2) is 23.3 Å². The maximum Gasteiger partial charge on any atom is 0.246 e. The van der Waals surface area contributed by atoms with Gasteiger partial charge in [-0.3, -0.25) is 0 Å². The van der Waals surface area contributed by atoms with E-state index in [-0.39, 0.29) is 5.41 Å². The molecule has 1 aromatic heterocycles. The minimum absolute atomic E-state index is 0.0525. The number of fused-ring (bicyclic) bond motifs is 4. The molecular formula is C25H27N5O. The fourth-order valence-corrected chi connectivity index (χ4v) is 5.11. The predicted octanol–water partition coefficient (Wildman–Crippen LogP) is 4.94. The van der Waals surface area contributed by atoms with Crippen LogP contribution in [0.15, 0.2) is 53.6 Å². The van der Waals surface area contributed by atoms with Crippen LogP contribution in [0.4, 0.5) is 11.8 Å². The first-order chi connectivity index (χ1) is 15.2. The largest absolute Gasteiger partial charge is 0.497 e. The highest BCUT2D eigenvalue weighted by Crippen LogP contribution is 2.51. The van der Waals surface area contributed by atoms with E-state index >= 15 is 0 Å². The van der Waals surface area contributed by atoms with Crippen LogP contribution < -0.4 is 15.9 Å². The lowest BCUT2D eigenvalue weighted by atomic mass is 9.62. The van der Waals surface area contributed by atoms with Gasteiger partial charge < -0.3 is 10.5 Å². The zero-order valence-electron chi connectivity index (χ0n) is 17.8. The van der Waals surface area contributed by atoms with Crippen LogP contribution in [0.3, 0.4) is 0 Å². The number of nitrogens with zero attached hydrogens (tertiary/aromatic N) is 3. The Morgan fingerprint density at radius 1 is 1.03 bits per heavy atom. The van der Waals surface area contributed by atoms with Crippen molar-refractivity contribution < 1.29 is 4.74 Å². The molecule has 158 valence electrons. The fourth-order valence-electron chi connectivity index (χ4n) is 5.11. The molecule has 31 heavy (non-hydrogen) atoms. The molecule has 2 aromatic carbocycles. The number of rotatable bonds is 4. The monoisotopic (exact) mass is 413 g/mol. The van der Waals surface area contributed by atoms with Crippen molar-refractivity contribution in [3.8, 4) is 17.0 Å². The lowest BCUT2D eigenvalue weighted by Gasteiger charge is -2.42. The summed E-state index contributed by atoms with van der Waals surface area (Å²) in [5.41, 5.74) is 15.1. The Hall–Kier alpha value is -3.41. The van der Waals surface area contributed by atoms with Gasteiger partial charge in [0.2, 0.25) is 5.95 Å². The molecule has 1 saturated carbocycles. The number of nitrogens with one attached hydrogen (secondary N) is 1. The second-order valence-electron chi connectivity index (χ2n) is 8.47. The maximum atomic E-state index is 6.56. The highest BCUT2D eigenvalue weighted by atomic mass is 16.5. The highest BCUT2D eigenvalue weighted by Gasteiger charge is 2.42.